The first-order valence-electron chi connectivity index (χ1n) is 4.96. The van der Waals surface area contributed by atoms with Crippen LogP contribution in [0.15, 0.2) is 23.6 Å². The summed E-state index contributed by atoms with van der Waals surface area (Å²) in [7, 11) is 0. The van der Waals surface area contributed by atoms with Crippen molar-refractivity contribution in [3.63, 3.8) is 0 Å². The molecule has 92 valence electrons. The molecule has 2 rings (SSSR count). The summed E-state index contributed by atoms with van der Waals surface area (Å²) in [6.45, 7) is 0.328. The van der Waals surface area contributed by atoms with Crippen LogP contribution in [-0.4, -0.2) is 0 Å². The molecule has 1 aromatic heterocycles. The highest BCUT2D eigenvalue weighted by atomic mass is 35.5. The van der Waals surface area contributed by atoms with Crippen LogP contribution in [0.2, 0.25) is 5.02 Å². The van der Waals surface area contributed by atoms with Crippen LogP contribution in [0, 0.1) is 23.0 Å². The van der Waals surface area contributed by atoms with E-state index in [9.17, 15) is 8.78 Å². The zero-order chi connectivity index (χ0) is 13.1. The number of benzene rings is 1. The summed E-state index contributed by atoms with van der Waals surface area (Å²) in [6.07, 6.45) is 0. The Bertz CT molecular complexity index is 596. The summed E-state index contributed by atoms with van der Waals surface area (Å²) in [5, 5.41) is 13.2. The lowest BCUT2D eigenvalue weighted by Crippen LogP contribution is -2.01. The van der Waals surface area contributed by atoms with Gasteiger partial charge >= 0.3 is 0 Å². The molecule has 0 aliphatic heterocycles. The number of hydrogen-bond donors (Lipinski definition) is 1. The molecular formula is C12H7ClF2N2S. The minimum Gasteiger partial charge on any atom is -0.377 e. The molecule has 0 aliphatic carbocycles. The summed E-state index contributed by atoms with van der Waals surface area (Å²) < 4.78 is 26.3. The molecule has 0 spiro atoms. The van der Waals surface area contributed by atoms with Crippen molar-refractivity contribution in [2.24, 2.45) is 0 Å². The molecule has 6 heteroatoms. The van der Waals surface area contributed by atoms with Crippen molar-refractivity contribution in [2.45, 2.75) is 6.54 Å². The SMILES string of the molecule is N#Cc1csc(CNc2c(F)cc(F)cc2Cl)c1. The molecule has 2 nitrogen and oxygen atoms in total. The minimum absolute atomic E-state index is 0.00966. The maximum Gasteiger partial charge on any atom is 0.150 e. The van der Waals surface area contributed by atoms with Gasteiger partial charge in [0.1, 0.15) is 11.9 Å². The first-order valence-corrected chi connectivity index (χ1v) is 6.22. The number of nitriles is 1. The largest absolute Gasteiger partial charge is 0.377 e. The van der Waals surface area contributed by atoms with Crippen LogP contribution < -0.4 is 5.32 Å². The van der Waals surface area contributed by atoms with Gasteiger partial charge in [-0.15, -0.1) is 11.3 Å². The van der Waals surface area contributed by atoms with Crippen LogP contribution in [-0.2, 0) is 6.54 Å². The Hall–Kier alpha value is -1.64. The highest BCUT2D eigenvalue weighted by Crippen LogP contribution is 2.27. The second-order valence-corrected chi connectivity index (χ2v) is 4.91. The maximum atomic E-state index is 13.4. The van der Waals surface area contributed by atoms with Gasteiger partial charge in [0.05, 0.1) is 16.3 Å². The number of anilines is 1. The third-order valence-electron chi connectivity index (χ3n) is 2.23. The van der Waals surface area contributed by atoms with Gasteiger partial charge in [0.25, 0.3) is 0 Å². The zero-order valence-corrected chi connectivity index (χ0v) is 10.6. The fourth-order valence-electron chi connectivity index (χ4n) is 1.42. The van der Waals surface area contributed by atoms with Crippen LogP contribution >= 0.6 is 22.9 Å². The van der Waals surface area contributed by atoms with E-state index in [-0.39, 0.29) is 10.7 Å². The molecule has 18 heavy (non-hydrogen) atoms. The van der Waals surface area contributed by atoms with Crippen LogP contribution in [0.3, 0.4) is 0 Å². The summed E-state index contributed by atoms with van der Waals surface area (Å²) >= 11 is 7.13. The monoisotopic (exact) mass is 284 g/mol. The minimum atomic E-state index is -0.739. The molecule has 1 aromatic carbocycles. The predicted molar refractivity (Wildman–Crippen MR) is 67.7 cm³/mol. The fourth-order valence-corrected chi connectivity index (χ4v) is 2.43. The van der Waals surface area contributed by atoms with Gasteiger partial charge in [-0.05, 0) is 12.1 Å². The summed E-state index contributed by atoms with van der Waals surface area (Å²) in [5.41, 5.74) is 0.618. The van der Waals surface area contributed by atoms with Crippen molar-refractivity contribution in [3.05, 3.63) is 50.7 Å². The smallest absolute Gasteiger partial charge is 0.150 e. The Kier molecular flexibility index (Phi) is 3.80. The average molecular weight is 285 g/mol. The van der Waals surface area contributed by atoms with Crippen molar-refractivity contribution in [1.29, 1.82) is 5.26 Å². The number of halogens is 3. The molecule has 1 heterocycles. The third kappa shape index (κ3) is 2.78. The van der Waals surface area contributed by atoms with Gasteiger partial charge in [-0.25, -0.2) is 8.78 Å². The maximum absolute atomic E-state index is 13.4. The van der Waals surface area contributed by atoms with Gasteiger partial charge in [0.15, 0.2) is 5.82 Å². The van der Waals surface area contributed by atoms with Crippen molar-refractivity contribution in [3.8, 4) is 6.07 Å². The van der Waals surface area contributed by atoms with Gasteiger partial charge in [0, 0.05) is 22.9 Å². The Balaban J connectivity index is 2.13. The van der Waals surface area contributed by atoms with Gasteiger partial charge in [-0.1, -0.05) is 11.6 Å². The highest BCUT2D eigenvalue weighted by molar-refractivity contribution is 7.10. The van der Waals surface area contributed by atoms with E-state index in [1.807, 2.05) is 6.07 Å². The summed E-state index contributed by atoms with van der Waals surface area (Å²) in [6, 6.07) is 5.52. The molecule has 0 saturated carbocycles. The van der Waals surface area contributed by atoms with Crippen LogP contribution in [0.4, 0.5) is 14.5 Å². The molecule has 2 aromatic rings. The van der Waals surface area contributed by atoms with E-state index < -0.39 is 11.6 Å². The highest BCUT2D eigenvalue weighted by Gasteiger charge is 2.10. The Morgan fingerprint density at radius 1 is 1.33 bits per heavy atom. The van der Waals surface area contributed by atoms with Gasteiger partial charge in [0.2, 0.25) is 0 Å². The fraction of sp³-hybridized carbons (Fsp3) is 0.0833. The second kappa shape index (κ2) is 5.34. The van der Waals surface area contributed by atoms with E-state index in [0.717, 1.165) is 17.0 Å². The Labute approximate surface area is 111 Å². The molecule has 0 amide bonds. The molecule has 0 aliphatic rings. The first-order chi connectivity index (χ1) is 8.60. The lowest BCUT2D eigenvalue weighted by molar-refractivity contribution is 0.585. The van der Waals surface area contributed by atoms with E-state index in [2.05, 4.69) is 5.32 Å². The zero-order valence-electron chi connectivity index (χ0n) is 9.01. The van der Waals surface area contributed by atoms with Crippen molar-refractivity contribution < 1.29 is 8.78 Å². The van der Waals surface area contributed by atoms with Crippen LogP contribution in [0.5, 0.6) is 0 Å². The lowest BCUT2D eigenvalue weighted by atomic mass is 10.3. The normalized spacial score (nSPS) is 10.1. The van der Waals surface area contributed by atoms with E-state index in [1.54, 1.807) is 11.4 Å². The van der Waals surface area contributed by atoms with Gasteiger partial charge in [-0.2, -0.15) is 5.26 Å². The second-order valence-electron chi connectivity index (χ2n) is 3.51. The van der Waals surface area contributed by atoms with E-state index in [4.69, 9.17) is 16.9 Å². The number of hydrogen-bond acceptors (Lipinski definition) is 3. The molecule has 0 atom stereocenters. The number of rotatable bonds is 3. The lowest BCUT2D eigenvalue weighted by Gasteiger charge is -2.08. The number of nitrogens with one attached hydrogen (secondary N) is 1. The van der Waals surface area contributed by atoms with Crippen molar-refractivity contribution in [2.75, 3.05) is 5.32 Å². The molecule has 0 saturated heterocycles. The Morgan fingerprint density at radius 3 is 2.72 bits per heavy atom. The average Bonchev–Trinajstić information content (AvgIpc) is 2.75. The molecule has 1 N–H and O–H groups in total. The number of thiophene rings is 1. The van der Waals surface area contributed by atoms with E-state index in [1.165, 1.54) is 11.3 Å². The molecule has 0 radical (unpaired) electrons. The van der Waals surface area contributed by atoms with Gasteiger partial charge < -0.3 is 5.32 Å². The first kappa shape index (κ1) is 12.8. The topological polar surface area (TPSA) is 35.8 Å². The standard InChI is InChI=1S/C12H7ClF2N2S/c13-10-2-8(14)3-11(15)12(10)17-5-9-1-7(4-16)6-18-9/h1-3,6,17H,5H2. The summed E-state index contributed by atoms with van der Waals surface area (Å²) in [4.78, 5) is 0.867. The van der Waals surface area contributed by atoms with Crippen molar-refractivity contribution >= 4 is 28.6 Å². The summed E-state index contributed by atoms with van der Waals surface area (Å²) in [5.74, 6) is -1.46. The molecule has 0 unspecified atom stereocenters. The van der Waals surface area contributed by atoms with Crippen molar-refractivity contribution in [1.82, 2.24) is 0 Å². The molecule has 0 bridgehead atoms. The Morgan fingerprint density at radius 2 is 2.11 bits per heavy atom. The predicted octanol–water partition coefficient (Wildman–Crippen LogP) is 4.16. The van der Waals surface area contributed by atoms with Crippen LogP contribution in [0.25, 0.3) is 0 Å². The number of nitrogens with zero attached hydrogens (tertiary/aromatic N) is 1. The van der Waals surface area contributed by atoms with E-state index >= 15 is 0 Å². The quantitative estimate of drug-likeness (QED) is 0.918. The molecule has 0 fully saturated rings. The third-order valence-corrected chi connectivity index (χ3v) is 3.46. The van der Waals surface area contributed by atoms with E-state index in [0.29, 0.717) is 12.1 Å². The molecular weight excluding hydrogens is 278 g/mol. The van der Waals surface area contributed by atoms with Gasteiger partial charge in [-0.3, -0.25) is 0 Å². The van der Waals surface area contributed by atoms with Crippen LogP contribution in [0.1, 0.15) is 10.4 Å².